The van der Waals surface area contributed by atoms with Gasteiger partial charge in [-0.2, -0.15) is 0 Å². The first kappa shape index (κ1) is 16.5. The van der Waals surface area contributed by atoms with E-state index < -0.39 is 0 Å². The highest BCUT2D eigenvalue weighted by molar-refractivity contribution is 5.94. The van der Waals surface area contributed by atoms with Gasteiger partial charge >= 0.3 is 0 Å². The molecule has 4 rings (SSSR count). The van der Waals surface area contributed by atoms with Crippen molar-refractivity contribution >= 4 is 5.91 Å². The van der Waals surface area contributed by atoms with Gasteiger partial charge in [0.25, 0.3) is 5.91 Å². The summed E-state index contributed by atoms with van der Waals surface area (Å²) < 4.78 is 0. The number of benzene rings is 1. The maximum absolute atomic E-state index is 13.2. The normalized spacial score (nSPS) is 12.6. The Morgan fingerprint density at radius 3 is 2.50 bits per heavy atom. The molecule has 0 fully saturated rings. The van der Waals surface area contributed by atoms with Crippen LogP contribution in [-0.4, -0.2) is 20.8 Å². The minimum Gasteiger partial charge on any atom is -0.330 e. The lowest BCUT2D eigenvalue weighted by molar-refractivity contribution is 0.0729. The lowest BCUT2D eigenvalue weighted by Crippen LogP contribution is -2.30. The van der Waals surface area contributed by atoms with Crippen molar-refractivity contribution in [2.75, 3.05) is 0 Å². The van der Waals surface area contributed by atoms with E-state index in [0.29, 0.717) is 13.1 Å². The maximum atomic E-state index is 13.2. The van der Waals surface area contributed by atoms with Crippen molar-refractivity contribution in [3.63, 3.8) is 0 Å². The lowest BCUT2D eigenvalue weighted by Gasteiger charge is -2.23. The van der Waals surface area contributed by atoms with Gasteiger partial charge < -0.3 is 4.90 Å². The van der Waals surface area contributed by atoms with Crippen LogP contribution in [0.4, 0.5) is 0 Å². The molecule has 0 radical (unpaired) electrons. The van der Waals surface area contributed by atoms with Crippen LogP contribution in [0, 0.1) is 0 Å². The number of carbonyl (C=O) groups is 1. The molecule has 2 aromatic heterocycles. The summed E-state index contributed by atoms with van der Waals surface area (Å²) in [7, 11) is 0. The van der Waals surface area contributed by atoms with Crippen LogP contribution >= 0.6 is 0 Å². The van der Waals surface area contributed by atoms with Gasteiger partial charge in [0.2, 0.25) is 0 Å². The van der Waals surface area contributed by atoms with Gasteiger partial charge in [0.15, 0.2) is 0 Å². The summed E-state index contributed by atoms with van der Waals surface area (Å²) in [5.74, 6) is 0.0559. The Hall–Kier alpha value is -3.01. The quantitative estimate of drug-likeness (QED) is 0.708. The number of nitrogens with zero attached hydrogens (tertiary/aromatic N) is 3. The van der Waals surface area contributed by atoms with Crippen molar-refractivity contribution in [3.05, 3.63) is 95.1 Å². The molecular formula is C22H21N3O. The van der Waals surface area contributed by atoms with Crippen LogP contribution in [0.15, 0.2) is 67.3 Å². The molecule has 0 N–H and O–H groups in total. The summed E-state index contributed by atoms with van der Waals surface area (Å²) >= 11 is 0. The molecule has 1 aromatic carbocycles. The van der Waals surface area contributed by atoms with E-state index in [4.69, 9.17) is 0 Å². The van der Waals surface area contributed by atoms with Gasteiger partial charge in [0.05, 0.1) is 0 Å². The van der Waals surface area contributed by atoms with Crippen molar-refractivity contribution in [1.82, 2.24) is 14.9 Å². The topological polar surface area (TPSA) is 46.1 Å². The lowest BCUT2D eigenvalue weighted by atomic mass is 10.0. The monoisotopic (exact) mass is 343 g/mol. The van der Waals surface area contributed by atoms with Crippen LogP contribution in [0.25, 0.3) is 0 Å². The highest BCUT2D eigenvalue weighted by Gasteiger charge is 2.19. The molecule has 2 heterocycles. The molecule has 0 aliphatic heterocycles. The van der Waals surface area contributed by atoms with Crippen LogP contribution in [0.1, 0.15) is 39.0 Å². The zero-order chi connectivity index (χ0) is 17.8. The third kappa shape index (κ3) is 3.64. The van der Waals surface area contributed by atoms with E-state index in [0.717, 1.165) is 29.5 Å². The fourth-order valence-corrected chi connectivity index (χ4v) is 3.51. The molecule has 0 saturated carbocycles. The number of carbonyl (C=O) groups excluding carboxylic acids is 1. The highest BCUT2D eigenvalue weighted by Crippen LogP contribution is 2.24. The number of rotatable bonds is 5. The third-order valence-electron chi connectivity index (χ3n) is 4.85. The first-order valence-corrected chi connectivity index (χ1v) is 8.98. The number of amides is 1. The molecule has 1 aliphatic rings. The van der Waals surface area contributed by atoms with E-state index in [1.807, 2.05) is 41.4 Å². The van der Waals surface area contributed by atoms with Crippen molar-refractivity contribution < 1.29 is 4.79 Å². The molecule has 4 heteroatoms. The highest BCUT2D eigenvalue weighted by atomic mass is 16.2. The van der Waals surface area contributed by atoms with Crippen LogP contribution in [0.5, 0.6) is 0 Å². The maximum Gasteiger partial charge on any atom is 0.254 e. The van der Waals surface area contributed by atoms with E-state index in [1.54, 1.807) is 18.6 Å². The zero-order valence-electron chi connectivity index (χ0n) is 14.6. The average molecular weight is 343 g/mol. The Morgan fingerprint density at radius 1 is 0.885 bits per heavy atom. The summed E-state index contributed by atoms with van der Waals surface area (Å²) in [6.45, 7) is 1.08. The standard InChI is InChI=1S/C22H21N3O/c26-22(21-7-6-19-4-1-5-20(19)13-21)25(15-17-8-11-23-12-9-17)16-18-3-2-10-24-14-18/h2-3,6-14H,1,4-5,15-16H2. The van der Waals surface area contributed by atoms with Gasteiger partial charge in [-0.15, -0.1) is 0 Å². The summed E-state index contributed by atoms with van der Waals surface area (Å²) in [6, 6.07) is 14.0. The van der Waals surface area contributed by atoms with Crippen molar-refractivity contribution in [3.8, 4) is 0 Å². The van der Waals surface area contributed by atoms with Crippen molar-refractivity contribution in [2.45, 2.75) is 32.4 Å². The van der Waals surface area contributed by atoms with Gasteiger partial charge in [-0.05, 0) is 71.8 Å². The smallest absolute Gasteiger partial charge is 0.254 e. The number of hydrogen-bond donors (Lipinski definition) is 0. The largest absolute Gasteiger partial charge is 0.330 e. The predicted octanol–water partition coefficient (Wildman–Crippen LogP) is 3.81. The van der Waals surface area contributed by atoms with Gasteiger partial charge in [0.1, 0.15) is 0 Å². The SMILES string of the molecule is O=C(c1ccc2c(c1)CCC2)N(Cc1ccncc1)Cc1cccnc1. The summed E-state index contributed by atoms with van der Waals surface area (Å²) in [5.41, 5.74) is 5.56. The summed E-state index contributed by atoms with van der Waals surface area (Å²) in [6.07, 6.45) is 10.5. The Bertz CT molecular complexity index is 852. The number of pyridine rings is 2. The first-order valence-electron chi connectivity index (χ1n) is 8.98. The Balaban J connectivity index is 1.61. The summed E-state index contributed by atoms with van der Waals surface area (Å²) in [4.78, 5) is 23.4. The van der Waals surface area contributed by atoms with Gasteiger partial charge in [-0.25, -0.2) is 0 Å². The Kier molecular flexibility index (Phi) is 4.73. The molecule has 0 bridgehead atoms. The fourth-order valence-electron chi connectivity index (χ4n) is 3.51. The molecule has 130 valence electrons. The minimum atomic E-state index is 0.0559. The fraction of sp³-hybridized carbons (Fsp3) is 0.227. The van der Waals surface area contributed by atoms with Crippen molar-refractivity contribution in [2.24, 2.45) is 0 Å². The molecule has 1 aliphatic carbocycles. The molecule has 4 nitrogen and oxygen atoms in total. The number of hydrogen-bond acceptors (Lipinski definition) is 3. The average Bonchev–Trinajstić information content (AvgIpc) is 3.16. The van der Waals surface area contributed by atoms with E-state index in [2.05, 4.69) is 22.1 Å². The molecule has 3 aromatic rings. The predicted molar refractivity (Wildman–Crippen MR) is 101 cm³/mol. The van der Waals surface area contributed by atoms with Crippen LogP contribution in [-0.2, 0) is 25.9 Å². The number of fused-ring (bicyclic) bond motifs is 1. The van der Waals surface area contributed by atoms with Crippen LogP contribution in [0.2, 0.25) is 0 Å². The second kappa shape index (κ2) is 7.48. The second-order valence-electron chi connectivity index (χ2n) is 6.71. The van der Waals surface area contributed by atoms with E-state index in [-0.39, 0.29) is 5.91 Å². The molecule has 0 spiro atoms. The van der Waals surface area contributed by atoms with Crippen LogP contribution < -0.4 is 0 Å². The summed E-state index contributed by atoms with van der Waals surface area (Å²) in [5, 5.41) is 0. The molecule has 26 heavy (non-hydrogen) atoms. The zero-order valence-corrected chi connectivity index (χ0v) is 14.6. The van der Waals surface area contributed by atoms with Crippen LogP contribution in [0.3, 0.4) is 0 Å². The second-order valence-corrected chi connectivity index (χ2v) is 6.71. The molecule has 0 saturated heterocycles. The number of aromatic nitrogens is 2. The van der Waals surface area contributed by atoms with E-state index in [1.165, 1.54) is 17.5 Å². The van der Waals surface area contributed by atoms with Gasteiger partial charge in [0, 0.05) is 43.4 Å². The van der Waals surface area contributed by atoms with Gasteiger partial charge in [-0.1, -0.05) is 12.1 Å². The third-order valence-corrected chi connectivity index (χ3v) is 4.85. The molecule has 1 amide bonds. The number of aryl methyl sites for hydroxylation is 2. The van der Waals surface area contributed by atoms with Gasteiger partial charge in [-0.3, -0.25) is 14.8 Å². The van der Waals surface area contributed by atoms with Crippen molar-refractivity contribution in [1.29, 1.82) is 0 Å². The van der Waals surface area contributed by atoms with E-state index in [9.17, 15) is 4.79 Å². The molecular weight excluding hydrogens is 322 g/mol. The Labute approximate surface area is 153 Å². The Morgan fingerprint density at radius 2 is 1.69 bits per heavy atom. The molecule has 0 atom stereocenters. The van der Waals surface area contributed by atoms with E-state index >= 15 is 0 Å². The molecule has 0 unspecified atom stereocenters. The first-order chi connectivity index (χ1) is 12.8. The minimum absolute atomic E-state index is 0.0559.